The van der Waals surface area contributed by atoms with Gasteiger partial charge in [-0.3, -0.25) is 0 Å². The normalized spacial score (nSPS) is 16.5. The first-order chi connectivity index (χ1) is 12.1. The lowest BCUT2D eigenvalue weighted by Gasteiger charge is -2.30. The summed E-state index contributed by atoms with van der Waals surface area (Å²) >= 11 is 0. The van der Waals surface area contributed by atoms with E-state index in [9.17, 15) is 26.4 Å². The van der Waals surface area contributed by atoms with Gasteiger partial charge in [-0.1, -0.05) is 12.1 Å². The Morgan fingerprint density at radius 1 is 1.23 bits per heavy atom. The van der Waals surface area contributed by atoms with Crippen LogP contribution in [0.4, 0.5) is 18.0 Å². The molecular weight excluding hydrogens is 373 g/mol. The molecule has 2 rings (SSSR count). The van der Waals surface area contributed by atoms with Crippen LogP contribution in [0.1, 0.15) is 24.0 Å². The van der Waals surface area contributed by atoms with Crippen LogP contribution in [0.3, 0.4) is 0 Å². The van der Waals surface area contributed by atoms with Gasteiger partial charge in [-0.2, -0.15) is 13.2 Å². The maximum atomic E-state index is 12.5. The summed E-state index contributed by atoms with van der Waals surface area (Å²) in [5.74, 6) is -0.287. The van der Waals surface area contributed by atoms with E-state index in [1.54, 1.807) is 4.90 Å². The molecule has 6 nitrogen and oxygen atoms in total. The average Bonchev–Trinajstić information content (AvgIpc) is 2.59. The average molecular weight is 394 g/mol. The SMILES string of the molecule is COC(=O)N1CCC(CNS(=O)(=O)Cc2ccc(C(F)(F)F)cc2)CC1. The summed E-state index contributed by atoms with van der Waals surface area (Å²) in [7, 11) is -2.34. The molecule has 0 radical (unpaired) electrons. The lowest BCUT2D eigenvalue weighted by Crippen LogP contribution is -2.41. The Hall–Kier alpha value is -1.81. The highest BCUT2D eigenvalue weighted by atomic mass is 32.2. The number of piperidine rings is 1. The fourth-order valence-electron chi connectivity index (χ4n) is 2.75. The number of sulfonamides is 1. The summed E-state index contributed by atoms with van der Waals surface area (Å²) in [5.41, 5.74) is -0.532. The fraction of sp³-hybridized carbons (Fsp3) is 0.562. The van der Waals surface area contributed by atoms with Gasteiger partial charge in [-0.05, 0) is 36.5 Å². The number of carbonyl (C=O) groups excluding carboxylic acids is 1. The number of hydrogen-bond acceptors (Lipinski definition) is 4. The Morgan fingerprint density at radius 2 is 1.81 bits per heavy atom. The Labute approximate surface area is 150 Å². The van der Waals surface area contributed by atoms with Crippen molar-refractivity contribution in [1.29, 1.82) is 0 Å². The highest BCUT2D eigenvalue weighted by Crippen LogP contribution is 2.29. The monoisotopic (exact) mass is 394 g/mol. The molecule has 1 aromatic carbocycles. The predicted molar refractivity (Wildman–Crippen MR) is 88.8 cm³/mol. The number of ether oxygens (including phenoxy) is 1. The lowest BCUT2D eigenvalue weighted by molar-refractivity contribution is -0.137. The van der Waals surface area contributed by atoms with Crippen molar-refractivity contribution in [3.8, 4) is 0 Å². The van der Waals surface area contributed by atoms with E-state index in [1.807, 2.05) is 0 Å². The summed E-state index contributed by atoms with van der Waals surface area (Å²) in [4.78, 5) is 13.0. The van der Waals surface area contributed by atoms with Crippen molar-refractivity contribution in [3.05, 3.63) is 35.4 Å². The van der Waals surface area contributed by atoms with E-state index < -0.39 is 27.9 Å². The standard InChI is InChI=1S/C16H21F3N2O4S/c1-25-15(22)21-8-6-12(7-9-21)10-20-26(23,24)11-13-2-4-14(5-3-13)16(17,18)19/h2-5,12,20H,6-11H2,1H3. The van der Waals surface area contributed by atoms with Crippen LogP contribution in [-0.4, -0.2) is 46.2 Å². The molecule has 1 amide bonds. The molecule has 10 heteroatoms. The van der Waals surface area contributed by atoms with E-state index in [0.717, 1.165) is 24.3 Å². The van der Waals surface area contributed by atoms with Gasteiger partial charge in [0.25, 0.3) is 0 Å². The van der Waals surface area contributed by atoms with Crippen LogP contribution in [0, 0.1) is 5.92 Å². The van der Waals surface area contributed by atoms with Crippen molar-refractivity contribution < 1.29 is 31.1 Å². The first-order valence-electron chi connectivity index (χ1n) is 8.07. The zero-order chi connectivity index (χ0) is 19.4. The Morgan fingerprint density at radius 3 is 2.31 bits per heavy atom. The first-order valence-corrected chi connectivity index (χ1v) is 9.72. The second-order valence-electron chi connectivity index (χ2n) is 6.20. The minimum Gasteiger partial charge on any atom is -0.453 e. The number of rotatable bonds is 5. The molecule has 1 fully saturated rings. The summed E-state index contributed by atoms with van der Waals surface area (Å²) in [6.07, 6.45) is -3.55. The minimum absolute atomic E-state index is 0.0956. The van der Waals surface area contributed by atoms with Crippen molar-refractivity contribution in [3.63, 3.8) is 0 Å². The molecule has 0 saturated carbocycles. The summed E-state index contributed by atoms with van der Waals surface area (Å²) in [6, 6.07) is 4.06. The second kappa shape index (κ2) is 8.26. The number of hydrogen-bond donors (Lipinski definition) is 1. The molecule has 1 aliphatic heterocycles. The number of nitrogens with one attached hydrogen (secondary N) is 1. The molecule has 0 spiro atoms. The summed E-state index contributed by atoms with van der Waals surface area (Å²) in [6.45, 7) is 1.23. The van der Waals surface area contributed by atoms with Gasteiger partial charge in [-0.25, -0.2) is 17.9 Å². The number of alkyl halides is 3. The highest BCUT2D eigenvalue weighted by Gasteiger charge is 2.30. The third kappa shape index (κ3) is 5.87. The van der Waals surface area contributed by atoms with E-state index in [-0.39, 0.29) is 23.8 Å². The van der Waals surface area contributed by atoms with Gasteiger partial charge < -0.3 is 9.64 Å². The lowest BCUT2D eigenvalue weighted by atomic mass is 9.97. The topological polar surface area (TPSA) is 75.7 Å². The number of nitrogens with zero attached hydrogens (tertiary/aromatic N) is 1. The molecule has 0 bridgehead atoms. The Bertz CT molecular complexity index is 712. The summed E-state index contributed by atoms with van der Waals surface area (Å²) < 4.78 is 69.0. The van der Waals surface area contributed by atoms with Crippen LogP contribution in [-0.2, 0) is 26.7 Å². The van der Waals surface area contributed by atoms with Crippen molar-refractivity contribution in [1.82, 2.24) is 9.62 Å². The van der Waals surface area contributed by atoms with Gasteiger partial charge in [0.1, 0.15) is 0 Å². The fourth-order valence-corrected chi connectivity index (χ4v) is 3.98. The number of halogens is 3. The van der Waals surface area contributed by atoms with E-state index in [2.05, 4.69) is 9.46 Å². The molecule has 1 aliphatic rings. The molecule has 1 saturated heterocycles. The number of amides is 1. The quantitative estimate of drug-likeness (QED) is 0.833. The van der Waals surface area contributed by atoms with Gasteiger partial charge in [0.2, 0.25) is 10.0 Å². The van der Waals surface area contributed by atoms with Crippen LogP contribution in [0.15, 0.2) is 24.3 Å². The van der Waals surface area contributed by atoms with Crippen molar-refractivity contribution in [2.24, 2.45) is 5.92 Å². The van der Waals surface area contributed by atoms with E-state index in [0.29, 0.717) is 25.9 Å². The highest BCUT2D eigenvalue weighted by molar-refractivity contribution is 7.88. The minimum atomic E-state index is -4.45. The van der Waals surface area contributed by atoms with E-state index >= 15 is 0 Å². The van der Waals surface area contributed by atoms with Crippen LogP contribution in [0.5, 0.6) is 0 Å². The van der Waals surface area contributed by atoms with Crippen LogP contribution < -0.4 is 4.72 Å². The van der Waals surface area contributed by atoms with Crippen LogP contribution in [0.25, 0.3) is 0 Å². The first kappa shape index (κ1) is 20.5. The second-order valence-corrected chi connectivity index (χ2v) is 8.01. The maximum Gasteiger partial charge on any atom is 0.416 e. The molecule has 0 aromatic heterocycles. The maximum absolute atomic E-state index is 12.5. The van der Waals surface area contributed by atoms with Gasteiger partial charge in [-0.15, -0.1) is 0 Å². The number of benzene rings is 1. The van der Waals surface area contributed by atoms with Gasteiger partial charge >= 0.3 is 12.3 Å². The van der Waals surface area contributed by atoms with Gasteiger partial charge in [0.15, 0.2) is 0 Å². The van der Waals surface area contributed by atoms with E-state index in [4.69, 9.17) is 0 Å². The van der Waals surface area contributed by atoms with Crippen LogP contribution in [0.2, 0.25) is 0 Å². The number of carbonyl (C=O) groups is 1. The van der Waals surface area contributed by atoms with E-state index in [1.165, 1.54) is 7.11 Å². The molecule has 0 atom stereocenters. The summed E-state index contributed by atoms with van der Waals surface area (Å²) in [5, 5.41) is 0. The molecule has 1 N–H and O–H groups in total. The largest absolute Gasteiger partial charge is 0.453 e. The number of likely N-dealkylation sites (tertiary alicyclic amines) is 1. The molecule has 26 heavy (non-hydrogen) atoms. The molecule has 1 aromatic rings. The zero-order valence-electron chi connectivity index (χ0n) is 14.3. The molecule has 0 aliphatic carbocycles. The molecule has 1 heterocycles. The third-order valence-electron chi connectivity index (χ3n) is 4.28. The van der Waals surface area contributed by atoms with Crippen LogP contribution >= 0.6 is 0 Å². The van der Waals surface area contributed by atoms with Crippen molar-refractivity contribution in [2.75, 3.05) is 26.7 Å². The third-order valence-corrected chi connectivity index (χ3v) is 5.60. The predicted octanol–water partition coefficient (Wildman–Crippen LogP) is 2.60. The Balaban J connectivity index is 1.83. The van der Waals surface area contributed by atoms with Crippen molar-refractivity contribution >= 4 is 16.1 Å². The van der Waals surface area contributed by atoms with Gasteiger partial charge in [0, 0.05) is 19.6 Å². The molecule has 0 unspecified atom stereocenters. The molecule has 146 valence electrons. The molecular formula is C16H21F3N2O4S. The van der Waals surface area contributed by atoms with Gasteiger partial charge in [0.05, 0.1) is 18.4 Å². The smallest absolute Gasteiger partial charge is 0.416 e. The number of methoxy groups -OCH3 is 1. The Kier molecular flexibility index (Phi) is 6.51. The zero-order valence-corrected chi connectivity index (χ0v) is 15.1. The van der Waals surface area contributed by atoms with Crippen molar-refractivity contribution in [2.45, 2.75) is 24.8 Å².